The van der Waals surface area contributed by atoms with Gasteiger partial charge >= 0.3 is 11.9 Å². The average Bonchev–Trinajstić information content (AvgIpc) is 3.32. The van der Waals surface area contributed by atoms with Gasteiger partial charge in [-0.05, 0) is 128 Å². The first-order chi connectivity index (χ1) is 32.6. The number of unbranched alkanes of at least 4 members (excludes halogenated alkanes) is 11. The number of allylic oxidation sites excluding steroid dienone is 24. The summed E-state index contributed by atoms with van der Waals surface area (Å²) in [6, 6.07) is 0. The minimum Gasteiger partial charge on any atom is -0.462 e. The maximum absolute atomic E-state index is 12.8. The van der Waals surface area contributed by atoms with Gasteiger partial charge in [-0.15, -0.1) is 0 Å². The Kier molecular flexibility index (Phi) is 51.6. The molecule has 0 aliphatic rings. The summed E-state index contributed by atoms with van der Waals surface area (Å²) in [4.78, 5) is 25.4. The molecule has 0 aromatic carbocycles. The van der Waals surface area contributed by atoms with Gasteiger partial charge in [-0.3, -0.25) is 9.59 Å². The van der Waals surface area contributed by atoms with Gasteiger partial charge in [0, 0.05) is 19.4 Å². The molecule has 5 heteroatoms. The lowest BCUT2D eigenvalue weighted by Gasteiger charge is -2.18. The molecule has 0 fully saturated rings. The number of hydrogen-bond donors (Lipinski definition) is 0. The van der Waals surface area contributed by atoms with Gasteiger partial charge in [-0.1, -0.05) is 205 Å². The van der Waals surface area contributed by atoms with Gasteiger partial charge in [-0.25, -0.2) is 0 Å². The monoisotopic (exact) mass is 909 g/mol. The number of rotatable bonds is 46. The van der Waals surface area contributed by atoms with E-state index in [9.17, 15) is 9.59 Å². The van der Waals surface area contributed by atoms with E-state index in [1.54, 1.807) is 0 Å². The maximum Gasteiger partial charge on any atom is 0.306 e. The third-order valence-electron chi connectivity index (χ3n) is 10.4. The Hall–Kier alpha value is -4.22. The van der Waals surface area contributed by atoms with Gasteiger partial charge < -0.3 is 14.2 Å². The molecule has 0 rings (SSSR count). The Balaban J connectivity index is 4.48. The van der Waals surface area contributed by atoms with E-state index in [4.69, 9.17) is 14.2 Å². The van der Waals surface area contributed by atoms with Crippen LogP contribution in [0.15, 0.2) is 146 Å². The van der Waals surface area contributed by atoms with Crippen LogP contribution in [0.2, 0.25) is 0 Å². The van der Waals surface area contributed by atoms with Gasteiger partial charge in [0.2, 0.25) is 0 Å². The van der Waals surface area contributed by atoms with Crippen LogP contribution in [-0.2, 0) is 23.8 Å². The molecule has 0 amide bonds. The molecule has 0 aromatic rings. The van der Waals surface area contributed by atoms with Gasteiger partial charge in [0.05, 0.1) is 6.61 Å². The van der Waals surface area contributed by atoms with Crippen molar-refractivity contribution in [3.8, 4) is 0 Å². The summed E-state index contributed by atoms with van der Waals surface area (Å²) in [5.41, 5.74) is 0. The summed E-state index contributed by atoms with van der Waals surface area (Å²) in [7, 11) is 0. The van der Waals surface area contributed by atoms with Crippen LogP contribution in [0.1, 0.15) is 201 Å². The minimum atomic E-state index is -0.591. The highest BCUT2D eigenvalue weighted by Crippen LogP contribution is 2.11. The maximum atomic E-state index is 12.8. The normalized spacial score (nSPS) is 13.4. The highest BCUT2D eigenvalue weighted by atomic mass is 16.6. The highest BCUT2D eigenvalue weighted by Gasteiger charge is 2.17. The van der Waals surface area contributed by atoms with E-state index in [1.165, 1.54) is 25.7 Å². The van der Waals surface area contributed by atoms with Crippen LogP contribution in [0.3, 0.4) is 0 Å². The first-order valence-corrected chi connectivity index (χ1v) is 26.4. The van der Waals surface area contributed by atoms with Crippen molar-refractivity contribution in [1.82, 2.24) is 0 Å². The van der Waals surface area contributed by atoms with Crippen LogP contribution in [0.25, 0.3) is 0 Å². The molecular formula is C61H96O5. The lowest BCUT2D eigenvalue weighted by Crippen LogP contribution is -2.30. The molecule has 1 unspecified atom stereocenters. The van der Waals surface area contributed by atoms with E-state index in [0.29, 0.717) is 19.4 Å². The second kappa shape index (κ2) is 55.1. The Morgan fingerprint density at radius 3 is 1.06 bits per heavy atom. The zero-order valence-corrected chi connectivity index (χ0v) is 42.4. The Morgan fingerprint density at radius 2 is 0.652 bits per heavy atom. The molecule has 0 saturated carbocycles. The van der Waals surface area contributed by atoms with E-state index in [2.05, 4.69) is 167 Å². The molecule has 370 valence electrons. The van der Waals surface area contributed by atoms with Crippen LogP contribution in [0.5, 0.6) is 0 Å². The topological polar surface area (TPSA) is 61.8 Å². The van der Waals surface area contributed by atoms with E-state index < -0.39 is 6.10 Å². The molecule has 0 radical (unpaired) electrons. The van der Waals surface area contributed by atoms with Crippen molar-refractivity contribution in [2.24, 2.45) is 0 Å². The molecule has 0 heterocycles. The number of carbonyl (C=O) groups excluding carboxylic acids is 2. The third kappa shape index (κ3) is 52.4. The number of ether oxygens (including phenoxy) is 3. The number of carbonyl (C=O) groups is 2. The van der Waals surface area contributed by atoms with E-state index in [1.807, 2.05) is 0 Å². The molecule has 0 aliphatic heterocycles. The summed E-state index contributed by atoms with van der Waals surface area (Å²) < 4.78 is 17.3. The fourth-order valence-electron chi connectivity index (χ4n) is 6.55. The van der Waals surface area contributed by atoms with Crippen LogP contribution < -0.4 is 0 Å². The van der Waals surface area contributed by atoms with Crippen LogP contribution in [-0.4, -0.2) is 37.9 Å². The van der Waals surface area contributed by atoms with E-state index in [-0.39, 0.29) is 25.2 Å². The minimum absolute atomic E-state index is 0.0299. The molecule has 0 N–H and O–H groups in total. The van der Waals surface area contributed by atoms with Crippen LogP contribution in [0, 0.1) is 0 Å². The summed E-state index contributed by atoms with van der Waals surface area (Å²) in [5, 5.41) is 0. The molecule has 0 aliphatic carbocycles. The zero-order valence-electron chi connectivity index (χ0n) is 42.4. The molecule has 5 nitrogen and oxygen atoms in total. The van der Waals surface area contributed by atoms with Crippen molar-refractivity contribution in [3.05, 3.63) is 146 Å². The number of esters is 2. The van der Waals surface area contributed by atoms with Crippen molar-refractivity contribution in [2.75, 3.05) is 19.8 Å². The van der Waals surface area contributed by atoms with Gasteiger partial charge in [0.1, 0.15) is 6.61 Å². The largest absolute Gasteiger partial charge is 0.462 e. The van der Waals surface area contributed by atoms with Crippen molar-refractivity contribution in [3.63, 3.8) is 0 Å². The van der Waals surface area contributed by atoms with E-state index in [0.717, 1.165) is 141 Å². The third-order valence-corrected chi connectivity index (χ3v) is 10.4. The van der Waals surface area contributed by atoms with Crippen molar-refractivity contribution in [1.29, 1.82) is 0 Å². The average molecular weight is 909 g/mol. The quantitative estimate of drug-likeness (QED) is 0.0346. The fourth-order valence-corrected chi connectivity index (χ4v) is 6.55. The summed E-state index contributed by atoms with van der Waals surface area (Å²) in [5.74, 6) is -0.511. The molecule has 0 saturated heterocycles. The zero-order chi connectivity index (χ0) is 47.7. The molecular weight excluding hydrogens is 813 g/mol. The summed E-state index contributed by atoms with van der Waals surface area (Å²) in [6.07, 6.45) is 80.1. The highest BCUT2D eigenvalue weighted by molar-refractivity contribution is 5.70. The van der Waals surface area contributed by atoms with Crippen molar-refractivity contribution in [2.45, 2.75) is 207 Å². The van der Waals surface area contributed by atoms with Crippen molar-refractivity contribution >= 4 is 11.9 Å². The second-order valence-corrected chi connectivity index (χ2v) is 16.6. The van der Waals surface area contributed by atoms with Gasteiger partial charge in [0.25, 0.3) is 0 Å². The predicted molar refractivity (Wildman–Crippen MR) is 288 cm³/mol. The number of hydrogen-bond acceptors (Lipinski definition) is 5. The predicted octanol–water partition coefficient (Wildman–Crippen LogP) is 18.1. The lowest BCUT2D eigenvalue weighted by atomic mass is 10.1. The Morgan fingerprint density at radius 1 is 0.333 bits per heavy atom. The molecule has 0 spiro atoms. The van der Waals surface area contributed by atoms with E-state index >= 15 is 0 Å². The first kappa shape index (κ1) is 61.8. The van der Waals surface area contributed by atoms with Gasteiger partial charge in [0.15, 0.2) is 6.10 Å². The fraction of sp³-hybridized carbons (Fsp3) is 0.574. The van der Waals surface area contributed by atoms with Crippen LogP contribution in [0.4, 0.5) is 0 Å². The second-order valence-electron chi connectivity index (χ2n) is 16.6. The standard InChI is InChI=1S/C61H96O5/c1-4-7-10-13-16-19-22-25-28-31-33-36-39-42-45-48-51-54-60(62)65-58-59(57-64-56-53-50-47-44-41-38-35-30-27-24-21-18-15-12-9-6-3)66-61(63)55-52-49-46-43-40-37-34-32-29-26-23-20-17-14-11-8-5-2/h7-12,16-21,25-30,33-34,36-37,42,45,59H,4-6,13-15,22-24,31-32,35,38-41,43-44,46-58H2,1-3H3/b10-7-,11-8-,12-9-,19-16-,20-17-,21-18-,28-25-,29-26-,30-27-,36-33-,37-34-,45-42-. The Labute approximate surface area is 406 Å². The molecule has 0 aromatic heterocycles. The molecule has 0 bridgehead atoms. The SMILES string of the molecule is CC/C=C\C/C=C\C/C=C\C/C=C\C/C=C\CCCC(=O)OCC(COCCCCCCCC/C=C\C/C=C\C/C=C\CC)OC(=O)CCCCCC/C=C\C/C=C\C/C=C\C/C=C\CC. The van der Waals surface area contributed by atoms with Crippen molar-refractivity contribution < 1.29 is 23.8 Å². The lowest BCUT2D eigenvalue weighted by molar-refractivity contribution is -0.163. The molecule has 66 heavy (non-hydrogen) atoms. The Bertz CT molecular complexity index is 1450. The van der Waals surface area contributed by atoms with Crippen LogP contribution >= 0.6 is 0 Å². The first-order valence-electron chi connectivity index (χ1n) is 26.4. The molecule has 1 atom stereocenters. The van der Waals surface area contributed by atoms with Gasteiger partial charge in [-0.2, -0.15) is 0 Å². The smallest absolute Gasteiger partial charge is 0.306 e. The summed E-state index contributed by atoms with van der Waals surface area (Å²) >= 11 is 0. The summed E-state index contributed by atoms with van der Waals surface area (Å²) in [6.45, 7) is 7.35.